The van der Waals surface area contributed by atoms with Gasteiger partial charge >= 0.3 is 11.9 Å². The van der Waals surface area contributed by atoms with E-state index in [9.17, 15) is 9.59 Å². The first-order valence-corrected chi connectivity index (χ1v) is 11.8. The maximum atomic E-state index is 12.0. The third kappa shape index (κ3) is 24.8. The molecule has 0 heterocycles. The Bertz CT molecular complexity index is 512. The number of carbonyl (C=O) groups excluding carboxylic acids is 1. The number of likely N-dealkylation sites (N-methyl/N-ethyl adjacent to an activating group) is 1. The van der Waals surface area contributed by atoms with Crippen molar-refractivity contribution in [2.45, 2.75) is 96.5 Å². The molecule has 0 aliphatic carbocycles. The number of unbranched alkanes of at least 4 members (excludes halogenated alkanes) is 8. The summed E-state index contributed by atoms with van der Waals surface area (Å²) in [5.41, 5.74) is 0. The van der Waals surface area contributed by atoms with Gasteiger partial charge in [0.15, 0.2) is 6.10 Å². The Balaban J connectivity index is 0. The Morgan fingerprint density at radius 2 is 1.42 bits per heavy atom. The summed E-state index contributed by atoms with van der Waals surface area (Å²) in [5, 5.41) is 9.00. The largest absolute Gasteiger partial charge is 1.00 e. The second-order valence-electron chi connectivity index (χ2n) is 9.16. The fourth-order valence-corrected chi connectivity index (χ4v) is 3.27. The van der Waals surface area contributed by atoms with Gasteiger partial charge in [-0.25, -0.2) is 0 Å². The first-order valence-electron chi connectivity index (χ1n) is 11.8. The van der Waals surface area contributed by atoms with Gasteiger partial charge in [0.2, 0.25) is 0 Å². The highest BCUT2D eigenvalue weighted by Gasteiger charge is 2.24. The average Bonchev–Trinajstić information content (AvgIpc) is 2.63. The van der Waals surface area contributed by atoms with Gasteiger partial charge in [0.05, 0.1) is 27.6 Å². The summed E-state index contributed by atoms with van der Waals surface area (Å²) < 4.78 is 5.97. The van der Waals surface area contributed by atoms with Crippen LogP contribution in [0.3, 0.4) is 0 Å². The van der Waals surface area contributed by atoms with Gasteiger partial charge in [-0.15, -0.1) is 0 Å². The average molecular weight is 460 g/mol. The maximum Gasteiger partial charge on any atom is 0.307 e. The van der Waals surface area contributed by atoms with Crippen LogP contribution < -0.4 is 12.4 Å². The van der Waals surface area contributed by atoms with Gasteiger partial charge in [-0.1, -0.05) is 63.3 Å². The minimum atomic E-state index is -0.932. The number of halogens is 1. The van der Waals surface area contributed by atoms with Crippen LogP contribution in [0.1, 0.15) is 90.4 Å². The van der Waals surface area contributed by atoms with Gasteiger partial charge < -0.3 is 26.7 Å². The van der Waals surface area contributed by atoms with Crippen molar-refractivity contribution < 1.29 is 36.3 Å². The van der Waals surface area contributed by atoms with E-state index < -0.39 is 12.1 Å². The number of carboxylic acid groups (broad SMARTS) is 1. The molecule has 0 aliphatic rings. The number of nitrogens with zero attached hydrogens (tertiary/aromatic N) is 1. The molecule has 1 N–H and O–H groups in total. The predicted molar refractivity (Wildman–Crippen MR) is 124 cm³/mol. The molecule has 1 atom stereocenters. The molecular formula is C25H46ClNO4. The third-order valence-electron chi connectivity index (χ3n) is 4.78. The second kappa shape index (κ2) is 20.6. The number of rotatable bonds is 19. The lowest BCUT2D eigenvalue weighted by molar-refractivity contribution is -0.873. The fourth-order valence-electron chi connectivity index (χ4n) is 3.27. The predicted octanol–water partition coefficient (Wildman–Crippen LogP) is 2.90. The molecule has 0 aromatic rings. The number of hydrogen-bond donors (Lipinski definition) is 1. The van der Waals surface area contributed by atoms with Gasteiger partial charge in [0.1, 0.15) is 6.54 Å². The van der Waals surface area contributed by atoms with E-state index in [2.05, 4.69) is 31.2 Å². The van der Waals surface area contributed by atoms with Crippen LogP contribution in [0, 0.1) is 0 Å². The number of esters is 1. The molecule has 0 rings (SSSR count). The van der Waals surface area contributed by atoms with Crippen LogP contribution in [0.4, 0.5) is 0 Å². The molecule has 0 bridgehead atoms. The number of aliphatic carboxylic acids is 1. The fraction of sp³-hybridized carbons (Fsp3) is 0.760. The Hall–Kier alpha value is -1.33. The number of carbonyl (C=O) groups is 2. The molecule has 0 radical (unpaired) electrons. The lowest BCUT2D eigenvalue weighted by Crippen LogP contribution is -3.00. The lowest BCUT2D eigenvalue weighted by Gasteiger charge is -2.28. The molecule has 0 aromatic carbocycles. The minimum absolute atomic E-state index is 0. The van der Waals surface area contributed by atoms with Crippen LogP contribution in [0.5, 0.6) is 0 Å². The lowest BCUT2D eigenvalue weighted by atomic mass is 10.1. The van der Waals surface area contributed by atoms with Gasteiger partial charge in [-0.05, 0) is 38.5 Å². The van der Waals surface area contributed by atoms with Crippen LogP contribution in [0.2, 0.25) is 0 Å². The molecule has 0 aromatic heterocycles. The topological polar surface area (TPSA) is 63.6 Å². The molecule has 0 saturated carbocycles. The molecule has 0 saturated heterocycles. The Labute approximate surface area is 196 Å². The summed E-state index contributed by atoms with van der Waals surface area (Å²) in [4.78, 5) is 23.0. The van der Waals surface area contributed by atoms with Crippen molar-refractivity contribution in [3.05, 3.63) is 24.3 Å². The van der Waals surface area contributed by atoms with Gasteiger partial charge in [0, 0.05) is 6.42 Å². The van der Waals surface area contributed by atoms with Crippen molar-refractivity contribution in [2.24, 2.45) is 0 Å². The highest BCUT2D eigenvalue weighted by molar-refractivity contribution is 5.71. The quantitative estimate of drug-likeness (QED) is 0.140. The minimum Gasteiger partial charge on any atom is -1.00 e. The second-order valence-corrected chi connectivity index (χ2v) is 9.16. The van der Waals surface area contributed by atoms with Crippen LogP contribution in [0.15, 0.2) is 24.3 Å². The van der Waals surface area contributed by atoms with Crippen LogP contribution in [0.25, 0.3) is 0 Å². The van der Waals surface area contributed by atoms with Gasteiger partial charge in [0.25, 0.3) is 0 Å². The Kier molecular flexibility index (Phi) is 21.1. The van der Waals surface area contributed by atoms with Crippen molar-refractivity contribution in [1.29, 1.82) is 0 Å². The van der Waals surface area contributed by atoms with E-state index in [0.29, 0.717) is 17.4 Å². The molecule has 1 unspecified atom stereocenters. The van der Waals surface area contributed by atoms with Gasteiger partial charge in [-0.2, -0.15) is 0 Å². The standard InChI is InChI=1S/C25H45NO4.ClH/c1-5-6-7-8-9-10-11-12-13-14-15-16-17-18-19-20-25(29)30-23(21-24(27)28)22-26(2,3)4;/h9-10,12-13,23H,5-8,11,14-22H2,1-4H3;1H/b10-9+,13-12+;. The summed E-state index contributed by atoms with van der Waals surface area (Å²) in [6.07, 6.45) is 21.3. The number of hydrogen-bond acceptors (Lipinski definition) is 3. The molecule has 5 nitrogen and oxygen atoms in total. The first kappa shape index (κ1) is 31.9. The molecule has 182 valence electrons. The molecule has 0 aliphatic heterocycles. The molecule has 6 heteroatoms. The van der Waals surface area contributed by atoms with Crippen LogP contribution in [-0.4, -0.2) is 55.3 Å². The summed E-state index contributed by atoms with van der Waals surface area (Å²) >= 11 is 0. The SMILES string of the molecule is CCCCC/C=C/C/C=C/CCCCCCCC(=O)OC(CC(=O)O)C[N+](C)(C)C.[Cl-]. The highest BCUT2D eigenvalue weighted by atomic mass is 35.5. The van der Waals surface area contributed by atoms with E-state index >= 15 is 0 Å². The van der Waals surface area contributed by atoms with Crippen molar-refractivity contribution in [3.8, 4) is 0 Å². The summed E-state index contributed by atoms with van der Waals surface area (Å²) in [7, 11) is 5.88. The number of ether oxygens (including phenoxy) is 1. The van der Waals surface area contributed by atoms with Crippen molar-refractivity contribution in [2.75, 3.05) is 27.7 Å². The molecule has 0 spiro atoms. The Morgan fingerprint density at radius 3 is 1.97 bits per heavy atom. The third-order valence-corrected chi connectivity index (χ3v) is 4.78. The molecule has 31 heavy (non-hydrogen) atoms. The summed E-state index contributed by atoms with van der Waals surface area (Å²) in [6, 6.07) is 0. The highest BCUT2D eigenvalue weighted by Crippen LogP contribution is 2.11. The first-order chi connectivity index (χ1) is 14.2. The zero-order valence-corrected chi connectivity index (χ0v) is 21.0. The normalized spacial score (nSPS) is 12.8. The van der Waals surface area contributed by atoms with E-state index in [-0.39, 0.29) is 24.8 Å². The smallest absolute Gasteiger partial charge is 0.307 e. The summed E-state index contributed by atoms with van der Waals surface area (Å²) in [5.74, 6) is -1.21. The Morgan fingerprint density at radius 1 is 0.871 bits per heavy atom. The summed E-state index contributed by atoms with van der Waals surface area (Å²) in [6.45, 7) is 2.73. The zero-order valence-electron chi connectivity index (χ0n) is 20.3. The monoisotopic (exact) mass is 459 g/mol. The van der Waals surface area contributed by atoms with Crippen molar-refractivity contribution in [1.82, 2.24) is 0 Å². The molecule has 0 amide bonds. The van der Waals surface area contributed by atoms with E-state index in [1.54, 1.807) is 0 Å². The van der Waals surface area contributed by atoms with Crippen LogP contribution in [-0.2, 0) is 14.3 Å². The number of carboxylic acids is 1. The van der Waals surface area contributed by atoms with E-state index in [0.717, 1.165) is 32.1 Å². The van der Waals surface area contributed by atoms with E-state index in [1.807, 2.05) is 21.1 Å². The van der Waals surface area contributed by atoms with Gasteiger partial charge in [-0.3, -0.25) is 9.59 Å². The van der Waals surface area contributed by atoms with Crippen LogP contribution >= 0.6 is 0 Å². The van der Waals surface area contributed by atoms with Crippen molar-refractivity contribution >= 4 is 11.9 Å². The number of quaternary nitrogens is 1. The number of allylic oxidation sites excluding steroid dienone is 4. The maximum absolute atomic E-state index is 12.0. The molecule has 0 fully saturated rings. The molecular weight excluding hydrogens is 414 g/mol. The van der Waals surface area contributed by atoms with E-state index in [4.69, 9.17) is 9.84 Å². The van der Waals surface area contributed by atoms with E-state index in [1.165, 1.54) is 38.5 Å². The van der Waals surface area contributed by atoms with Crippen molar-refractivity contribution in [3.63, 3.8) is 0 Å². The zero-order chi connectivity index (χ0) is 22.7.